The van der Waals surface area contributed by atoms with Gasteiger partial charge in [-0.15, -0.1) is 0 Å². The molecule has 4 nitrogen and oxygen atoms in total. The molecule has 0 fully saturated rings. The average Bonchev–Trinajstić information content (AvgIpc) is 2.50. The van der Waals surface area contributed by atoms with Gasteiger partial charge in [0.15, 0.2) is 5.78 Å². The van der Waals surface area contributed by atoms with Crippen molar-refractivity contribution < 1.29 is 9.59 Å². The Kier molecular flexibility index (Phi) is 5.21. The van der Waals surface area contributed by atoms with E-state index in [9.17, 15) is 9.59 Å². The van der Waals surface area contributed by atoms with Crippen molar-refractivity contribution in [3.05, 3.63) is 59.8 Å². The number of carbonyl (C=O) groups excluding carboxylic acids is 2. The van der Waals surface area contributed by atoms with Gasteiger partial charge in [-0.1, -0.05) is 36.4 Å². The van der Waals surface area contributed by atoms with Gasteiger partial charge in [-0.05, 0) is 25.0 Å². The lowest BCUT2D eigenvalue weighted by Gasteiger charge is -2.04. The standard InChI is InChI=1S/C17H18N2O2/c1-13-10-11-16(18-12-13)19-17(21)9-5-8-15(20)14-6-3-2-4-7-14/h2-4,6-7,10-12H,5,8-9H2,1H3,(H,18,19,21). The maximum Gasteiger partial charge on any atom is 0.225 e. The Balaban J connectivity index is 1.74. The smallest absolute Gasteiger partial charge is 0.225 e. The van der Waals surface area contributed by atoms with Gasteiger partial charge < -0.3 is 5.32 Å². The Morgan fingerprint density at radius 1 is 1.05 bits per heavy atom. The third-order valence-electron chi connectivity index (χ3n) is 3.08. The van der Waals surface area contributed by atoms with Gasteiger partial charge in [-0.3, -0.25) is 9.59 Å². The van der Waals surface area contributed by atoms with Crippen LogP contribution in [0, 0.1) is 6.92 Å². The van der Waals surface area contributed by atoms with Crippen LogP contribution in [0.15, 0.2) is 48.7 Å². The summed E-state index contributed by atoms with van der Waals surface area (Å²) in [5, 5.41) is 2.72. The minimum Gasteiger partial charge on any atom is -0.311 e. The molecule has 0 saturated carbocycles. The van der Waals surface area contributed by atoms with Crippen LogP contribution >= 0.6 is 0 Å². The van der Waals surface area contributed by atoms with Gasteiger partial charge in [0.25, 0.3) is 0 Å². The van der Waals surface area contributed by atoms with Gasteiger partial charge in [0.1, 0.15) is 5.82 Å². The van der Waals surface area contributed by atoms with Crippen LogP contribution in [0.4, 0.5) is 5.82 Å². The van der Waals surface area contributed by atoms with Crippen molar-refractivity contribution in [1.82, 2.24) is 4.98 Å². The lowest BCUT2D eigenvalue weighted by atomic mass is 10.1. The fourth-order valence-corrected chi connectivity index (χ4v) is 1.92. The van der Waals surface area contributed by atoms with E-state index in [2.05, 4.69) is 10.3 Å². The molecular weight excluding hydrogens is 264 g/mol. The normalized spacial score (nSPS) is 10.1. The number of pyridine rings is 1. The number of carbonyl (C=O) groups is 2. The molecule has 0 atom stereocenters. The Morgan fingerprint density at radius 3 is 2.48 bits per heavy atom. The van der Waals surface area contributed by atoms with Crippen molar-refractivity contribution in [1.29, 1.82) is 0 Å². The van der Waals surface area contributed by atoms with Crippen molar-refractivity contribution in [3.63, 3.8) is 0 Å². The van der Waals surface area contributed by atoms with Crippen molar-refractivity contribution in [3.8, 4) is 0 Å². The highest BCUT2D eigenvalue weighted by atomic mass is 16.1. The summed E-state index contributed by atoms with van der Waals surface area (Å²) in [6.07, 6.45) is 2.92. The summed E-state index contributed by atoms with van der Waals surface area (Å²) < 4.78 is 0. The van der Waals surface area contributed by atoms with Crippen LogP contribution in [0.1, 0.15) is 35.2 Å². The summed E-state index contributed by atoms with van der Waals surface area (Å²) >= 11 is 0. The molecule has 0 aliphatic carbocycles. The van der Waals surface area contributed by atoms with Crippen LogP contribution < -0.4 is 5.32 Å². The number of nitrogens with zero attached hydrogens (tertiary/aromatic N) is 1. The lowest BCUT2D eigenvalue weighted by molar-refractivity contribution is -0.116. The molecular formula is C17H18N2O2. The monoisotopic (exact) mass is 282 g/mol. The van der Waals surface area contributed by atoms with Gasteiger partial charge in [-0.25, -0.2) is 4.98 Å². The van der Waals surface area contributed by atoms with E-state index in [-0.39, 0.29) is 11.7 Å². The third kappa shape index (κ3) is 4.84. The number of hydrogen-bond acceptors (Lipinski definition) is 3. The van der Waals surface area contributed by atoms with Crippen LogP contribution in [-0.2, 0) is 4.79 Å². The summed E-state index contributed by atoms with van der Waals surface area (Å²) in [6.45, 7) is 1.94. The molecule has 0 spiro atoms. The molecule has 4 heteroatoms. The predicted octanol–water partition coefficient (Wildman–Crippen LogP) is 3.38. The fourth-order valence-electron chi connectivity index (χ4n) is 1.92. The second-order valence-electron chi connectivity index (χ2n) is 4.91. The largest absolute Gasteiger partial charge is 0.311 e. The minimum absolute atomic E-state index is 0.0665. The van der Waals surface area contributed by atoms with Crippen molar-refractivity contribution >= 4 is 17.5 Å². The van der Waals surface area contributed by atoms with E-state index in [1.807, 2.05) is 31.2 Å². The molecule has 1 aromatic carbocycles. The van der Waals surface area contributed by atoms with E-state index in [1.54, 1.807) is 24.4 Å². The number of amides is 1. The number of nitrogens with one attached hydrogen (secondary N) is 1. The minimum atomic E-state index is -0.118. The molecule has 108 valence electrons. The number of hydrogen-bond donors (Lipinski definition) is 1. The van der Waals surface area contributed by atoms with E-state index in [1.165, 1.54) is 0 Å². The molecule has 1 heterocycles. The van der Waals surface area contributed by atoms with Gasteiger partial charge >= 0.3 is 0 Å². The molecule has 0 saturated heterocycles. The first kappa shape index (κ1) is 14.9. The summed E-state index contributed by atoms with van der Waals surface area (Å²) in [7, 11) is 0. The van der Waals surface area contributed by atoms with Gasteiger partial charge in [0.2, 0.25) is 5.91 Å². The molecule has 0 aliphatic rings. The first-order chi connectivity index (χ1) is 10.1. The predicted molar refractivity (Wildman–Crippen MR) is 82.2 cm³/mol. The van der Waals surface area contributed by atoms with E-state index in [0.717, 1.165) is 5.56 Å². The van der Waals surface area contributed by atoms with E-state index in [0.29, 0.717) is 30.6 Å². The van der Waals surface area contributed by atoms with Crippen LogP contribution in [0.5, 0.6) is 0 Å². The summed E-state index contributed by atoms with van der Waals surface area (Å²) in [6, 6.07) is 12.8. The number of aromatic nitrogens is 1. The molecule has 0 radical (unpaired) electrons. The highest BCUT2D eigenvalue weighted by Gasteiger charge is 2.07. The topological polar surface area (TPSA) is 59.1 Å². The molecule has 2 aromatic rings. The van der Waals surface area contributed by atoms with Crippen LogP contribution in [0.2, 0.25) is 0 Å². The molecule has 1 amide bonds. The number of benzene rings is 1. The summed E-state index contributed by atoms with van der Waals surface area (Å²) in [5.74, 6) is 0.490. The van der Waals surface area contributed by atoms with E-state index in [4.69, 9.17) is 0 Å². The highest BCUT2D eigenvalue weighted by molar-refractivity contribution is 5.96. The number of anilines is 1. The number of Topliss-reactive ketones (excluding diaryl/α,β-unsaturated/α-hetero) is 1. The molecule has 0 unspecified atom stereocenters. The second kappa shape index (κ2) is 7.33. The second-order valence-corrected chi connectivity index (χ2v) is 4.91. The van der Waals surface area contributed by atoms with E-state index >= 15 is 0 Å². The molecule has 0 bridgehead atoms. The quantitative estimate of drug-likeness (QED) is 0.826. The number of aryl methyl sites for hydroxylation is 1. The van der Waals surface area contributed by atoms with Crippen LogP contribution in [0.25, 0.3) is 0 Å². The van der Waals surface area contributed by atoms with E-state index < -0.39 is 0 Å². The van der Waals surface area contributed by atoms with Gasteiger partial charge in [0.05, 0.1) is 0 Å². The maximum atomic E-state index is 11.9. The summed E-state index contributed by atoms with van der Waals surface area (Å²) in [4.78, 5) is 27.7. The van der Waals surface area contributed by atoms with Crippen LogP contribution in [0.3, 0.4) is 0 Å². The first-order valence-electron chi connectivity index (χ1n) is 6.96. The average molecular weight is 282 g/mol. The zero-order valence-corrected chi connectivity index (χ0v) is 12.0. The van der Waals surface area contributed by atoms with Crippen molar-refractivity contribution in [2.24, 2.45) is 0 Å². The third-order valence-corrected chi connectivity index (χ3v) is 3.08. The van der Waals surface area contributed by atoms with Gasteiger partial charge in [-0.2, -0.15) is 0 Å². The fraction of sp³-hybridized carbons (Fsp3) is 0.235. The zero-order valence-electron chi connectivity index (χ0n) is 12.0. The van der Waals surface area contributed by atoms with Crippen molar-refractivity contribution in [2.45, 2.75) is 26.2 Å². The Hall–Kier alpha value is -2.49. The molecule has 1 N–H and O–H groups in total. The molecule has 2 rings (SSSR count). The number of rotatable bonds is 6. The molecule has 21 heavy (non-hydrogen) atoms. The number of ketones is 1. The molecule has 0 aliphatic heterocycles. The Bertz CT molecular complexity index is 606. The maximum absolute atomic E-state index is 11.9. The van der Waals surface area contributed by atoms with Crippen LogP contribution in [-0.4, -0.2) is 16.7 Å². The van der Waals surface area contributed by atoms with Gasteiger partial charge in [0, 0.05) is 24.6 Å². The highest BCUT2D eigenvalue weighted by Crippen LogP contribution is 2.08. The first-order valence-corrected chi connectivity index (χ1v) is 6.96. The lowest BCUT2D eigenvalue weighted by Crippen LogP contribution is -2.13. The SMILES string of the molecule is Cc1ccc(NC(=O)CCCC(=O)c2ccccc2)nc1. The Labute approximate surface area is 124 Å². The molecule has 1 aromatic heterocycles. The summed E-state index contributed by atoms with van der Waals surface area (Å²) in [5.41, 5.74) is 1.74. The Morgan fingerprint density at radius 2 is 1.81 bits per heavy atom. The zero-order chi connectivity index (χ0) is 15.1. The van der Waals surface area contributed by atoms with Crippen molar-refractivity contribution in [2.75, 3.05) is 5.32 Å².